The Balaban J connectivity index is 0.00000156. The van der Waals surface area contributed by atoms with E-state index in [1.807, 2.05) is 41.6 Å². The summed E-state index contributed by atoms with van der Waals surface area (Å²) in [7, 11) is 0. The van der Waals surface area contributed by atoms with Gasteiger partial charge in [0.05, 0.1) is 11.8 Å². The van der Waals surface area contributed by atoms with Gasteiger partial charge >= 0.3 is 0 Å². The van der Waals surface area contributed by atoms with Crippen LogP contribution in [0, 0.1) is 0 Å². The van der Waals surface area contributed by atoms with E-state index in [1.165, 1.54) is 0 Å². The average molecular weight is 401 g/mol. The standard InChI is InChI=1S/C17H20N4OS.2ClH/c22-17(13-23-12-14-3-1-5-18-9-14)21-8-7-20-11-16(21)15-4-2-6-19-10-15;;/h1-6,9-10,16,20H,7-8,11-13H2;2*1H. The number of piperazine rings is 1. The minimum atomic E-state index is 0. The molecule has 3 rings (SSSR count). The predicted octanol–water partition coefficient (Wildman–Crippen LogP) is 2.73. The van der Waals surface area contributed by atoms with Crippen LogP contribution in [-0.4, -0.2) is 46.2 Å². The first-order valence-electron chi connectivity index (χ1n) is 7.71. The zero-order chi connectivity index (χ0) is 15.9. The van der Waals surface area contributed by atoms with Crippen LogP contribution in [0.1, 0.15) is 17.2 Å². The molecule has 0 aliphatic carbocycles. The Hall–Kier alpha value is -1.34. The highest BCUT2D eigenvalue weighted by atomic mass is 35.5. The summed E-state index contributed by atoms with van der Waals surface area (Å²) in [6.45, 7) is 2.37. The van der Waals surface area contributed by atoms with Gasteiger partial charge in [0.15, 0.2) is 0 Å². The number of carbonyl (C=O) groups is 1. The Bertz CT molecular complexity index is 633. The molecule has 25 heavy (non-hydrogen) atoms. The molecule has 5 nitrogen and oxygen atoms in total. The summed E-state index contributed by atoms with van der Waals surface area (Å²) in [6, 6.07) is 7.99. The summed E-state index contributed by atoms with van der Waals surface area (Å²) in [6.07, 6.45) is 7.22. The Morgan fingerprint density at radius 3 is 2.64 bits per heavy atom. The van der Waals surface area contributed by atoms with Crippen LogP contribution in [0.25, 0.3) is 0 Å². The van der Waals surface area contributed by atoms with Gasteiger partial charge in [-0.15, -0.1) is 36.6 Å². The van der Waals surface area contributed by atoms with Crippen LogP contribution in [-0.2, 0) is 10.5 Å². The number of hydrogen-bond acceptors (Lipinski definition) is 5. The number of amides is 1. The number of pyridine rings is 2. The lowest BCUT2D eigenvalue weighted by atomic mass is 10.1. The third-order valence-electron chi connectivity index (χ3n) is 3.85. The summed E-state index contributed by atoms with van der Waals surface area (Å²) in [4.78, 5) is 22.9. The highest BCUT2D eigenvalue weighted by molar-refractivity contribution is 7.99. The highest BCUT2D eigenvalue weighted by Crippen LogP contribution is 2.23. The van der Waals surface area contributed by atoms with Crippen LogP contribution < -0.4 is 5.32 Å². The largest absolute Gasteiger partial charge is 0.332 e. The third-order valence-corrected chi connectivity index (χ3v) is 4.84. The average Bonchev–Trinajstić information content (AvgIpc) is 2.63. The molecule has 3 heterocycles. The molecule has 1 saturated heterocycles. The topological polar surface area (TPSA) is 58.1 Å². The fourth-order valence-electron chi connectivity index (χ4n) is 2.70. The molecule has 2 aromatic rings. The number of rotatable bonds is 5. The van der Waals surface area contributed by atoms with E-state index in [-0.39, 0.29) is 36.8 Å². The maximum absolute atomic E-state index is 12.6. The van der Waals surface area contributed by atoms with Gasteiger partial charge in [0, 0.05) is 50.2 Å². The van der Waals surface area contributed by atoms with E-state index in [9.17, 15) is 4.79 Å². The van der Waals surface area contributed by atoms with Crippen molar-refractivity contribution in [2.24, 2.45) is 0 Å². The van der Waals surface area contributed by atoms with E-state index in [1.54, 1.807) is 24.2 Å². The molecular formula is C17H22Cl2N4OS. The van der Waals surface area contributed by atoms with Crippen molar-refractivity contribution in [3.63, 3.8) is 0 Å². The van der Waals surface area contributed by atoms with Crippen molar-refractivity contribution in [1.29, 1.82) is 0 Å². The lowest BCUT2D eigenvalue weighted by molar-refractivity contribution is -0.131. The summed E-state index contributed by atoms with van der Waals surface area (Å²) < 4.78 is 0. The van der Waals surface area contributed by atoms with Crippen LogP contribution in [0.5, 0.6) is 0 Å². The summed E-state index contributed by atoms with van der Waals surface area (Å²) >= 11 is 1.64. The summed E-state index contributed by atoms with van der Waals surface area (Å²) in [5.74, 6) is 1.49. The first kappa shape index (κ1) is 21.7. The molecule has 1 fully saturated rings. The number of halogens is 2. The fourth-order valence-corrected chi connectivity index (χ4v) is 3.55. The molecule has 0 aromatic carbocycles. The van der Waals surface area contributed by atoms with Crippen LogP contribution in [0.4, 0.5) is 0 Å². The second-order valence-electron chi connectivity index (χ2n) is 5.45. The third kappa shape index (κ3) is 6.15. The smallest absolute Gasteiger partial charge is 0.233 e. The number of thioether (sulfide) groups is 1. The molecule has 0 saturated carbocycles. The first-order chi connectivity index (χ1) is 11.3. The fraction of sp³-hybridized carbons (Fsp3) is 0.353. The number of hydrogen-bond donors (Lipinski definition) is 1. The molecule has 8 heteroatoms. The molecule has 1 atom stereocenters. The van der Waals surface area contributed by atoms with Gasteiger partial charge in [-0.3, -0.25) is 14.8 Å². The molecule has 1 amide bonds. The van der Waals surface area contributed by atoms with E-state index < -0.39 is 0 Å². The monoisotopic (exact) mass is 400 g/mol. The molecule has 0 spiro atoms. The molecule has 1 aliphatic heterocycles. The summed E-state index contributed by atoms with van der Waals surface area (Å²) in [5.41, 5.74) is 2.24. The van der Waals surface area contributed by atoms with Crippen LogP contribution in [0.2, 0.25) is 0 Å². The van der Waals surface area contributed by atoms with E-state index in [2.05, 4.69) is 15.3 Å². The van der Waals surface area contributed by atoms with Gasteiger partial charge in [-0.1, -0.05) is 12.1 Å². The SMILES string of the molecule is Cl.Cl.O=C(CSCc1cccnc1)N1CCNCC1c1cccnc1. The van der Waals surface area contributed by atoms with Crippen molar-refractivity contribution in [3.05, 3.63) is 60.2 Å². The Morgan fingerprint density at radius 2 is 1.96 bits per heavy atom. The van der Waals surface area contributed by atoms with Crippen molar-refractivity contribution in [2.45, 2.75) is 11.8 Å². The second-order valence-corrected chi connectivity index (χ2v) is 6.43. The lowest BCUT2D eigenvalue weighted by Gasteiger charge is -2.36. The van der Waals surface area contributed by atoms with Gasteiger partial charge in [-0.2, -0.15) is 0 Å². The van der Waals surface area contributed by atoms with Crippen molar-refractivity contribution in [3.8, 4) is 0 Å². The summed E-state index contributed by atoms with van der Waals surface area (Å²) in [5, 5.41) is 3.36. The van der Waals surface area contributed by atoms with Gasteiger partial charge < -0.3 is 10.2 Å². The van der Waals surface area contributed by atoms with Gasteiger partial charge in [-0.25, -0.2) is 0 Å². The maximum atomic E-state index is 12.6. The zero-order valence-corrected chi connectivity index (χ0v) is 16.2. The first-order valence-corrected chi connectivity index (χ1v) is 8.87. The van der Waals surface area contributed by atoms with Gasteiger partial charge in [0.1, 0.15) is 0 Å². The second kappa shape index (κ2) is 11.3. The predicted molar refractivity (Wildman–Crippen MR) is 106 cm³/mol. The van der Waals surface area contributed by atoms with E-state index >= 15 is 0 Å². The van der Waals surface area contributed by atoms with Crippen molar-refractivity contribution in [2.75, 3.05) is 25.4 Å². The Labute approximate surface area is 164 Å². The Kier molecular flexibility index (Phi) is 9.82. The van der Waals surface area contributed by atoms with E-state index in [0.717, 1.165) is 36.5 Å². The van der Waals surface area contributed by atoms with Crippen LogP contribution >= 0.6 is 36.6 Å². The van der Waals surface area contributed by atoms with Crippen LogP contribution in [0.15, 0.2) is 49.1 Å². The molecule has 0 bridgehead atoms. The zero-order valence-electron chi connectivity index (χ0n) is 13.7. The molecule has 1 N–H and O–H groups in total. The highest BCUT2D eigenvalue weighted by Gasteiger charge is 2.27. The molecule has 1 unspecified atom stereocenters. The molecule has 0 radical (unpaired) electrons. The molecule has 136 valence electrons. The molecule has 2 aromatic heterocycles. The number of nitrogens with zero attached hydrogens (tertiary/aromatic N) is 3. The molecular weight excluding hydrogens is 379 g/mol. The minimum Gasteiger partial charge on any atom is -0.332 e. The Morgan fingerprint density at radius 1 is 1.20 bits per heavy atom. The maximum Gasteiger partial charge on any atom is 0.233 e. The van der Waals surface area contributed by atoms with Crippen molar-refractivity contribution >= 4 is 42.5 Å². The van der Waals surface area contributed by atoms with E-state index in [4.69, 9.17) is 0 Å². The van der Waals surface area contributed by atoms with Crippen molar-refractivity contribution < 1.29 is 4.79 Å². The number of nitrogens with one attached hydrogen (secondary N) is 1. The quantitative estimate of drug-likeness (QED) is 0.835. The van der Waals surface area contributed by atoms with Gasteiger partial charge in [-0.05, 0) is 23.3 Å². The molecule has 1 aliphatic rings. The lowest BCUT2D eigenvalue weighted by Crippen LogP contribution is -2.49. The van der Waals surface area contributed by atoms with Gasteiger partial charge in [0.2, 0.25) is 5.91 Å². The van der Waals surface area contributed by atoms with Crippen LogP contribution in [0.3, 0.4) is 0 Å². The number of carbonyl (C=O) groups excluding carboxylic acids is 1. The van der Waals surface area contributed by atoms with Crippen molar-refractivity contribution in [1.82, 2.24) is 20.2 Å². The number of aromatic nitrogens is 2. The normalized spacial score (nSPS) is 16.5. The van der Waals surface area contributed by atoms with Gasteiger partial charge in [0.25, 0.3) is 0 Å². The minimum absolute atomic E-state index is 0. The van der Waals surface area contributed by atoms with E-state index in [0.29, 0.717) is 5.75 Å².